The molecule has 28 heavy (non-hydrogen) atoms. The molecular weight excluding hydrogens is 374 g/mol. The number of amides is 1. The monoisotopic (exact) mass is 395 g/mol. The third kappa shape index (κ3) is 2.99. The van der Waals surface area contributed by atoms with Crippen molar-refractivity contribution < 1.29 is 13.2 Å². The number of para-hydroxylation sites is 1. The van der Waals surface area contributed by atoms with Gasteiger partial charge >= 0.3 is 0 Å². The van der Waals surface area contributed by atoms with Crippen molar-refractivity contribution >= 4 is 21.6 Å². The van der Waals surface area contributed by atoms with E-state index < -0.39 is 15.4 Å². The first kappa shape index (κ1) is 18.7. The summed E-state index contributed by atoms with van der Waals surface area (Å²) in [6.07, 6.45) is 1.94. The minimum absolute atomic E-state index is 0.00725. The van der Waals surface area contributed by atoms with Gasteiger partial charge in [-0.05, 0) is 43.5 Å². The van der Waals surface area contributed by atoms with Gasteiger partial charge in [0.15, 0.2) is 0 Å². The Labute approximate surface area is 165 Å². The van der Waals surface area contributed by atoms with Gasteiger partial charge in [-0.2, -0.15) is 9.57 Å². The van der Waals surface area contributed by atoms with Crippen molar-refractivity contribution in [3.63, 3.8) is 0 Å². The van der Waals surface area contributed by atoms with E-state index in [0.29, 0.717) is 32.4 Å². The van der Waals surface area contributed by atoms with Crippen LogP contribution in [0, 0.1) is 16.7 Å². The van der Waals surface area contributed by atoms with Gasteiger partial charge in [-0.15, -0.1) is 0 Å². The summed E-state index contributed by atoms with van der Waals surface area (Å²) in [6, 6.07) is 17.7. The van der Waals surface area contributed by atoms with Crippen LogP contribution >= 0.6 is 0 Å². The van der Waals surface area contributed by atoms with Gasteiger partial charge in [0.25, 0.3) is 0 Å². The fourth-order valence-corrected chi connectivity index (χ4v) is 5.98. The second kappa shape index (κ2) is 7.04. The van der Waals surface area contributed by atoms with Crippen LogP contribution in [0.4, 0.5) is 5.69 Å². The third-order valence-corrected chi connectivity index (χ3v) is 7.65. The highest BCUT2D eigenvalue weighted by Gasteiger charge is 2.51. The van der Waals surface area contributed by atoms with E-state index in [4.69, 9.17) is 0 Å². The van der Waals surface area contributed by atoms with E-state index in [-0.39, 0.29) is 22.9 Å². The zero-order chi connectivity index (χ0) is 19.8. The number of carbonyl (C=O) groups is 1. The van der Waals surface area contributed by atoms with Gasteiger partial charge < -0.3 is 4.90 Å². The van der Waals surface area contributed by atoms with Crippen molar-refractivity contribution in [3.8, 4) is 6.07 Å². The molecule has 2 heterocycles. The molecule has 2 aliphatic rings. The first-order valence-corrected chi connectivity index (χ1v) is 10.8. The molecule has 2 saturated heterocycles. The first-order valence-electron chi connectivity index (χ1n) is 9.34. The number of carbonyl (C=O) groups excluding carboxylic acids is 1. The van der Waals surface area contributed by atoms with Crippen molar-refractivity contribution in [2.45, 2.75) is 24.2 Å². The molecule has 2 aromatic rings. The summed E-state index contributed by atoms with van der Waals surface area (Å²) in [6.45, 7) is 1.12. The highest BCUT2D eigenvalue weighted by molar-refractivity contribution is 7.89. The van der Waals surface area contributed by atoms with E-state index in [0.717, 1.165) is 5.69 Å². The van der Waals surface area contributed by atoms with Crippen molar-refractivity contribution in [1.82, 2.24) is 4.31 Å². The Morgan fingerprint density at radius 1 is 0.964 bits per heavy atom. The molecule has 1 atom stereocenters. The van der Waals surface area contributed by atoms with E-state index >= 15 is 0 Å². The normalized spacial score (nSPS) is 23.1. The van der Waals surface area contributed by atoms with Crippen LogP contribution in [0.15, 0.2) is 59.5 Å². The summed E-state index contributed by atoms with van der Waals surface area (Å²) in [7, 11) is -3.83. The Morgan fingerprint density at radius 2 is 1.68 bits per heavy atom. The van der Waals surface area contributed by atoms with Crippen molar-refractivity contribution in [2.24, 2.45) is 5.41 Å². The molecule has 1 unspecified atom stereocenters. The Morgan fingerprint density at radius 3 is 2.43 bits per heavy atom. The molecule has 0 aromatic heterocycles. The van der Waals surface area contributed by atoms with Gasteiger partial charge in [0.1, 0.15) is 6.07 Å². The lowest BCUT2D eigenvalue weighted by Gasteiger charge is -2.38. The van der Waals surface area contributed by atoms with Crippen LogP contribution < -0.4 is 4.90 Å². The van der Waals surface area contributed by atoms with E-state index in [9.17, 15) is 18.5 Å². The predicted octanol–water partition coefficient (Wildman–Crippen LogP) is 2.77. The van der Waals surface area contributed by atoms with E-state index in [2.05, 4.69) is 0 Å². The molecular formula is C21H21N3O3S. The molecule has 0 radical (unpaired) electrons. The lowest BCUT2D eigenvalue weighted by Crippen LogP contribution is -2.49. The topological polar surface area (TPSA) is 81.5 Å². The Balaban J connectivity index is 1.63. The number of rotatable bonds is 3. The molecule has 2 aromatic carbocycles. The molecule has 2 fully saturated rings. The molecule has 1 spiro atoms. The fourth-order valence-electron chi connectivity index (χ4n) is 4.27. The second-order valence-electron chi connectivity index (χ2n) is 7.37. The number of nitriles is 1. The van der Waals surface area contributed by atoms with E-state index in [1.807, 2.05) is 36.4 Å². The molecule has 0 saturated carbocycles. The summed E-state index contributed by atoms with van der Waals surface area (Å²) in [4.78, 5) is 15.0. The number of piperidine rings is 1. The lowest BCUT2D eigenvalue weighted by molar-refractivity contribution is -0.127. The van der Waals surface area contributed by atoms with Crippen molar-refractivity contribution in [3.05, 3.63) is 60.2 Å². The maximum Gasteiger partial charge on any atom is 0.244 e. The molecule has 4 rings (SSSR count). The Hall–Kier alpha value is -2.69. The van der Waals surface area contributed by atoms with Crippen molar-refractivity contribution in [2.75, 3.05) is 24.5 Å². The maximum atomic E-state index is 13.3. The molecule has 0 bridgehead atoms. The van der Waals surface area contributed by atoms with Gasteiger partial charge in [0.05, 0.1) is 15.9 Å². The third-order valence-electron chi connectivity index (χ3n) is 5.75. The Kier molecular flexibility index (Phi) is 4.69. The number of sulfonamides is 1. The first-order chi connectivity index (χ1) is 13.5. The van der Waals surface area contributed by atoms with Crippen LogP contribution in [0.5, 0.6) is 0 Å². The zero-order valence-electron chi connectivity index (χ0n) is 15.4. The SMILES string of the molecule is N#Cc1ccccc1S(=O)(=O)N1CCCC2(CCN(c3ccccc3)C2=O)C1. The smallest absolute Gasteiger partial charge is 0.244 e. The van der Waals surface area contributed by atoms with E-state index in [1.165, 1.54) is 16.4 Å². The number of nitrogens with zero attached hydrogens (tertiary/aromatic N) is 3. The van der Waals surface area contributed by atoms with Crippen molar-refractivity contribution in [1.29, 1.82) is 5.26 Å². The quantitative estimate of drug-likeness (QED) is 0.800. The second-order valence-corrected chi connectivity index (χ2v) is 9.28. The summed E-state index contributed by atoms with van der Waals surface area (Å²) in [5.74, 6) is -0.00725. The van der Waals surface area contributed by atoms with Crippen LogP contribution in [0.3, 0.4) is 0 Å². The average molecular weight is 395 g/mol. The summed E-state index contributed by atoms with van der Waals surface area (Å²) in [5, 5.41) is 9.29. The molecule has 2 aliphatic heterocycles. The van der Waals surface area contributed by atoms with E-state index in [1.54, 1.807) is 17.0 Å². The molecule has 144 valence electrons. The average Bonchev–Trinajstić information content (AvgIpc) is 3.04. The zero-order valence-corrected chi connectivity index (χ0v) is 16.2. The Bertz CT molecular complexity index is 1050. The van der Waals surface area contributed by atoms with Gasteiger partial charge in [-0.3, -0.25) is 4.79 Å². The molecule has 7 heteroatoms. The minimum atomic E-state index is -3.83. The van der Waals surface area contributed by atoms with Crippen LogP contribution in [-0.4, -0.2) is 38.3 Å². The standard InChI is InChI=1S/C21H21N3O3S/c22-15-17-7-4-5-10-19(17)28(26,27)23-13-6-11-21(16-23)12-14-24(20(21)25)18-8-2-1-3-9-18/h1-5,7-10H,6,11-14,16H2. The van der Waals surface area contributed by atoms with Crippen LogP contribution in [-0.2, 0) is 14.8 Å². The molecule has 0 aliphatic carbocycles. The lowest BCUT2D eigenvalue weighted by atomic mass is 9.79. The van der Waals surface area contributed by atoms with Crippen LogP contribution in [0.1, 0.15) is 24.8 Å². The summed E-state index contributed by atoms with van der Waals surface area (Å²) in [5.41, 5.74) is 0.285. The highest BCUT2D eigenvalue weighted by atomic mass is 32.2. The number of hydrogen-bond donors (Lipinski definition) is 0. The number of anilines is 1. The summed E-state index contributed by atoms with van der Waals surface area (Å²) >= 11 is 0. The van der Waals surface area contributed by atoms with Gasteiger partial charge in [0.2, 0.25) is 15.9 Å². The predicted molar refractivity (Wildman–Crippen MR) is 105 cm³/mol. The van der Waals surface area contributed by atoms with Gasteiger partial charge in [-0.25, -0.2) is 8.42 Å². The molecule has 6 nitrogen and oxygen atoms in total. The van der Waals surface area contributed by atoms with Gasteiger partial charge in [-0.1, -0.05) is 30.3 Å². The molecule has 1 amide bonds. The number of benzene rings is 2. The molecule has 0 N–H and O–H groups in total. The maximum absolute atomic E-state index is 13.3. The largest absolute Gasteiger partial charge is 0.312 e. The van der Waals surface area contributed by atoms with Gasteiger partial charge in [0, 0.05) is 25.3 Å². The number of hydrogen-bond acceptors (Lipinski definition) is 4. The van der Waals surface area contributed by atoms with Crippen LogP contribution in [0.2, 0.25) is 0 Å². The highest BCUT2D eigenvalue weighted by Crippen LogP contribution is 2.43. The minimum Gasteiger partial charge on any atom is -0.312 e. The summed E-state index contributed by atoms with van der Waals surface area (Å²) < 4.78 is 27.8. The fraction of sp³-hybridized carbons (Fsp3) is 0.333. The van der Waals surface area contributed by atoms with Crippen LogP contribution in [0.25, 0.3) is 0 Å².